The molecule has 3 rings (SSSR count). The van der Waals surface area contributed by atoms with E-state index in [4.69, 9.17) is 9.84 Å². The number of halogens is 3. The number of carbonyl (C=O) groups excluding carboxylic acids is 2. The first kappa shape index (κ1) is 26.1. The Morgan fingerprint density at radius 3 is 1.97 bits per heavy atom. The predicted octanol–water partition coefficient (Wildman–Crippen LogP) is 4.56. The Kier molecular flexibility index (Phi) is 7.42. The Bertz CT molecular complexity index is 1070. The molecule has 1 aliphatic rings. The summed E-state index contributed by atoms with van der Waals surface area (Å²) in [5, 5.41) is 10.8. The van der Waals surface area contributed by atoms with Crippen molar-refractivity contribution in [2.24, 2.45) is 0 Å². The van der Waals surface area contributed by atoms with Gasteiger partial charge >= 0.3 is 18.2 Å². The van der Waals surface area contributed by atoms with Crippen LogP contribution < -0.4 is 5.32 Å². The average Bonchev–Trinajstić information content (AvgIpc) is 3.08. The molecule has 0 fully saturated rings. The molecule has 0 saturated heterocycles. The fourth-order valence-corrected chi connectivity index (χ4v) is 4.15. The second-order valence-electron chi connectivity index (χ2n) is 9.31. The highest BCUT2D eigenvalue weighted by atomic mass is 19.4. The molecular formula is C25H27F3N2O5. The number of nitrogens with one attached hydrogen (secondary N) is 1. The number of hydrogen-bond acceptors (Lipinski definition) is 4. The van der Waals surface area contributed by atoms with E-state index in [1.165, 1.54) is 20.8 Å². The molecular weight excluding hydrogens is 465 g/mol. The fourth-order valence-electron chi connectivity index (χ4n) is 4.15. The van der Waals surface area contributed by atoms with Crippen molar-refractivity contribution in [1.29, 1.82) is 0 Å². The summed E-state index contributed by atoms with van der Waals surface area (Å²) >= 11 is 0. The van der Waals surface area contributed by atoms with Gasteiger partial charge < -0.3 is 20.1 Å². The number of fused-ring (bicyclic) bond motifs is 3. The smallest absolute Gasteiger partial charge is 0.409 e. The van der Waals surface area contributed by atoms with Crippen LogP contribution in [0.5, 0.6) is 0 Å². The SMILES string of the molecule is CC(C)(C)N(CC(=O)O)C(=O)CC(NC(=O)OCC1c2ccccc2-c2ccccc21)C(F)(F)F. The first-order valence-corrected chi connectivity index (χ1v) is 11.0. The maximum atomic E-state index is 13.6. The number of carbonyl (C=O) groups is 3. The number of carboxylic acid groups (broad SMARTS) is 1. The molecule has 0 spiro atoms. The minimum atomic E-state index is -4.95. The minimum absolute atomic E-state index is 0.189. The molecule has 2 aromatic rings. The lowest BCUT2D eigenvalue weighted by molar-refractivity contribution is -0.166. The number of aliphatic carboxylic acids is 1. The van der Waals surface area contributed by atoms with Crippen molar-refractivity contribution in [1.82, 2.24) is 10.2 Å². The van der Waals surface area contributed by atoms with Crippen molar-refractivity contribution < 1.29 is 37.4 Å². The number of ether oxygens (including phenoxy) is 1. The van der Waals surface area contributed by atoms with Gasteiger partial charge in [-0.1, -0.05) is 48.5 Å². The van der Waals surface area contributed by atoms with E-state index in [0.717, 1.165) is 27.2 Å². The first-order chi connectivity index (χ1) is 16.3. The van der Waals surface area contributed by atoms with Gasteiger partial charge in [-0.3, -0.25) is 9.59 Å². The topological polar surface area (TPSA) is 95.9 Å². The van der Waals surface area contributed by atoms with Crippen LogP contribution in [0.1, 0.15) is 44.2 Å². The van der Waals surface area contributed by atoms with Crippen molar-refractivity contribution in [2.45, 2.75) is 50.9 Å². The summed E-state index contributed by atoms with van der Waals surface area (Å²) in [6, 6.07) is 12.5. The third-order valence-electron chi connectivity index (χ3n) is 5.81. The van der Waals surface area contributed by atoms with Crippen molar-refractivity contribution in [3.63, 3.8) is 0 Å². The molecule has 35 heavy (non-hydrogen) atoms. The Hall–Kier alpha value is -3.56. The van der Waals surface area contributed by atoms with Crippen molar-refractivity contribution >= 4 is 18.0 Å². The van der Waals surface area contributed by atoms with Gasteiger partial charge in [0.25, 0.3) is 0 Å². The van der Waals surface area contributed by atoms with Crippen molar-refractivity contribution in [2.75, 3.05) is 13.2 Å². The van der Waals surface area contributed by atoms with Crippen LogP contribution in [0.4, 0.5) is 18.0 Å². The van der Waals surface area contributed by atoms with E-state index in [-0.39, 0.29) is 12.5 Å². The highest BCUT2D eigenvalue weighted by Crippen LogP contribution is 2.44. The van der Waals surface area contributed by atoms with Crippen LogP contribution in [-0.2, 0) is 14.3 Å². The Morgan fingerprint density at radius 1 is 1.00 bits per heavy atom. The summed E-state index contributed by atoms with van der Waals surface area (Å²) in [6.07, 6.45) is -7.42. The van der Waals surface area contributed by atoms with Crippen LogP contribution in [0.25, 0.3) is 11.1 Å². The van der Waals surface area contributed by atoms with E-state index in [9.17, 15) is 27.6 Å². The molecule has 7 nitrogen and oxygen atoms in total. The molecule has 0 heterocycles. The second-order valence-corrected chi connectivity index (χ2v) is 9.31. The number of alkyl carbamates (subject to hydrolysis) is 1. The van der Waals surface area contributed by atoms with Gasteiger partial charge in [-0.25, -0.2) is 4.79 Å². The number of hydrogen-bond donors (Lipinski definition) is 2. The van der Waals surface area contributed by atoms with Gasteiger partial charge in [0.15, 0.2) is 0 Å². The summed E-state index contributed by atoms with van der Waals surface area (Å²) < 4.78 is 46.1. The zero-order valence-corrected chi connectivity index (χ0v) is 19.6. The molecule has 0 aromatic heterocycles. The molecule has 2 amide bonds. The normalized spacial score (nSPS) is 14.0. The Labute approximate surface area is 200 Å². The molecule has 2 N–H and O–H groups in total. The first-order valence-electron chi connectivity index (χ1n) is 11.0. The van der Waals surface area contributed by atoms with Gasteiger partial charge in [-0.15, -0.1) is 0 Å². The molecule has 1 atom stereocenters. The van der Waals surface area contributed by atoms with Crippen LogP contribution in [0.3, 0.4) is 0 Å². The average molecular weight is 492 g/mol. The van der Waals surface area contributed by atoms with Crippen LogP contribution >= 0.6 is 0 Å². The Balaban J connectivity index is 1.70. The third-order valence-corrected chi connectivity index (χ3v) is 5.81. The standard InChI is InChI=1S/C25H27F3N2O5/c1-24(2,3)30(13-22(32)33)21(31)12-20(25(26,27)28)29-23(34)35-14-19-17-10-6-4-8-15(17)16-9-5-7-11-18(16)19/h4-11,19-20H,12-14H2,1-3H3,(H,29,34)(H,32,33). The van der Waals surface area contributed by atoms with E-state index in [1.54, 1.807) is 5.32 Å². The van der Waals surface area contributed by atoms with Crippen LogP contribution in [0, 0.1) is 0 Å². The van der Waals surface area contributed by atoms with Gasteiger partial charge in [0.2, 0.25) is 5.91 Å². The highest BCUT2D eigenvalue weighted by molar-refractivity contribution is 5.83. The highest BCUT2D eigenvalue weighted by Gasteiger charge is 2.44. The quantitative estimate of drug-likeness (QED) is 0.591. The maximum Gasteiger partial charge on any atom is 0.409 e. The summed E-state index contributed by atoms with van der Waals surface area (Å²) in [7, 11) is 0. The molecule has 188 valence electrons. The van der Waals surface area contributed by atoms with E-state index >= 15 is 0 Å². The molecule has 0 radical (unpaired) electrons. The fraction of sp³-hybridized carbons (Fsp3) is 0.400. The van der Waals surface area contributed by atoms with Crippen LogP contribution in [0.15, 0.2) is 48.5 Å². The van der Waals surface area contributed by atoms with Gasteiger partial charge in [-0.2, -0.15) is 13.2 Å². The lowest BCUT2D eigenvalue weighted by atomic mass is 9.98. The molecule has 1 aliphatic carbocycles. The number of carboxylic acids is 1. The van der Waals surface area contributed by atoms with Gasteiger partial charge in [0.1, 0.15) is 19.2 Å². The molecule has 10 heteroatoms. The summed E-state index contributed by atoms with van der Waals surface area (Å²) in [5.41, 5.74) is 2.71. The number of benzene rings is 2. The number of rotatable bonds is 7. The lowest BCUT2D eigenvalue weighted by Crippen LogP contribution is -2.53. The summed E-state index contributed by atoms with van der Waals surface area (Å²) in [4.78, 5) is 36.9. The monoisotopic (exact) mass is 492 g/mol. The van der Waals surface area contributed by atoms with Crippen LogP contribution in [0.2, 0.25) is 0 Å². The predicted molar refractivity (Wildman–Crippen MR) is 122 cm³/mol. The van der Waals surface area contributed by atoms with Gasteiger partial charge in [0.05, 0.1) is 6.42 Å². The zero-order chi connectivity index (χ0) is 26.0. The lowest BCUT2D eigenvalue weighted by Gasteiger charge is -2.35. The summed E-state index contributed by atoms with van der Waals surface area (Å²) in [5.74, 6) is -2.76. The molecule has 2 aromatic carbocycles. The number of amides is 2. The largest absolute Gasteiger partial charge is 0.480 e. The van der Waals surface area contributed by atoms with E-state index in [2.05, 4.69) is 0 Å². The number of alkyl halides is 3. The maximum absolute atomic E-state index is 13.6. The molecule has 0 aliphatic heterocycles. The van der Waals surface area contributed by atoms with E-state index < -0.39 is 48.7 Å². The Morgan fingerprint density at radius 2 is 1.51 bits per heavy atom. The second kappa shape index (κ2) is 9.97. The zero-order valence-electron chi connectivity index (χ0n) is 19.6. The molecule has 1 unspecified atom stereocenters. The molecule has 0 bridgehead atoms. The van der Waals surface area contributed by atoms with Gasteiger partial charge in [-0.05, 0) is 43.0 Å². The third kappa shape index (κ3) is 6.12. The summed E-state index contributed by atoms with van der Waals surface area (Å²) in [6.45, 7) is 3.57. The minimum Gasteiger partial charge on any atom is -0.480 e. The van der Waals surface area contributed by atoms with E-state index in [1.807, 2.05) is 48.5 Å². The number of nitrogens with zero attached hydrogens (tertiary/aromatic N) is 1. The van der Waals surface area contributed by atoms with E-state index in [0.29, 0.717) is 0 Å². The van der Waals surface area contributed by atoms with Crippen molar-refractivity contribution in [3.05, 3.63) is 59.7 Å². The molecule has 0 saturated carbocycles. The van der Waals surface area contributed by atoms with Crippen LogP contribution in [-0.4, -0.2) is 58.9 Å². The van der Waals surface area contributed by atoms with Crippen molar-refractivity contribution in [3.8, 4) is 11.1 Å². The van der Waals surface area contributed by atoms with Gasteiger partial charge in [0, 0.05) is 11.5 Å².